The highest BCUT2D eigenvalue weighted by Gasteiger charge is 2.10. The van der Waals surface area contributed by atoms with Crippen LogP contribution in [0, 0.1) is 0 Å². The van der Waals surface area contributed by atoms with Gasteiger partial charge in [-0.15, -0.1) is 0 Å². The van der Waals surface area contributed by atoms with Crippen LogP contribution in [0.25, 0.3) is 0 Å². The van der Waals surface area contributed by atoms with Gasteiger partial charge in [-0.25, -0.2) is 0 Å². The van der Waals surface area contributed by atoms with Gasteiger partial charge in [0.15, 0.2) is 16.6 Å². The molecule has 0 saturated heterocycles. The Labute approximate surface area is 118 Å². The molecule has 6 heteroatoms. The lowest BCUT2D eigenvalue weighted by molar-refractivity contribution is 0.204. The molecule has 0 aromatic heterocycles. The van der Waals surface area contributed by atoms with Crippen LogP contribution in [-0.4, -0.2) is 38.6 Å². The molecule has 0 aliphatic carbocycles. The fourth-order valence-corrected chi connectivity index (χ4v) is 1.90. The predicted octanol–water partition coefficient (Wildman–Crippen LogP) is 1.78. The van der Waals surface area contributed by atoms with Crippen molar-refractivity contribution in [2.75, 3.05) is 38.8 Å². The molecule has 2 rings (SSSR count). The van der Waals surface area contributed by atoms with Crippen molar-refractivity contribution in [3.05, 3.63) is 18.2 Å². The highest BCUT2D eigenvalue weighted by Crippen LogP contribution is 2.32. The fourth-order valence-electron chi connectivity index (χ4n) is 1.68. The van der Waals surface area contributed by atoms with Crippen molar-refractivity contribution in [3.8, 4) is 11.5 Å². The van der Waals surface area contributed by atoms with E-state index < -0.39 is 0 Å². The lowest BCUT2D eigenvalue weighted by Crippen LogP contribution is -2.31. The van der Waals surface area contributed by atoms with E-state index in [4.69, 9.17) is 26.4 Å². The second-order valence-corrected chi connectivity index (χ2v) is 4.49. The van der Waals surface area contributed by atoms with Gasteiger partial charge in [0.2, 0.25) is 0 Å². The number of thiocarbonyl (C=S) groups is 1. The molecule has 0 radical (unpaired) electrons. The van der Waals surface area contributed by atoms with Crippen LogP contribution >= 0.6 is 12.2 Å². The molecule has 1 aliphatic rings. The molecule has 0 amide bonds. The average molecular weight is 282 g/mol. The summed E-state index contributed by atoms with van der Waals surface area (Å²) in [6, 6.07) is 5.70. The van der Waals surface area contributed by atoms with Crippen LogP contribution in [0.1, 0.15) is 6.42 Å². The second kappa shape index (κ2) is 7.16. The van der Waals surface area contributed by atoms with Crippen LogP contribution in [0.15, 0.2) is 18.2 Å². The van der Waals surface area contributed by atoms with Crippen molar-refractivity contribution in [3.63, 3.8) is 0 Å². The molecule has 1 aromatic rings. The van der Waals surface area contributed by atoms with Gasteiger partial charge in [0.05, 0.1) is 19.8 Å². The summed E-state index contributed by atoms with van der Waals surface area (Å²) >= 11 is 5.18. The third-order valence-corrected chi connectivity index (χ3v) is 2.84. The van der Waals surface area contributed by atoms with E-state index in [1.807, 2.05) is 18.2 Å². The van der Waals surface area contributed by atoms with Crippen molar-refractivity contribution in [1.29, 1.82) is 0 Å². The van der Waals surface area contributed by atoms with Gasteiger partial charge in [-0.1, -0.05) is 0 Å². The molecular weight excluding hydrogens is 264 g/mol. The molecule has 1 heterocycles. The summed E-state index contributed by atoms with van der Waals surface area (Å²) < 4.78 is 16.1. The number of ether oxygens (including phenoxy) is 3. The first-order valence-corrected chi connectivity index (χ1v) is 6.64. The molecule has 0 spiro atoms. The Morgan fingerprint density at radius 1 is 1.32 bits per heavy atom. The highest BCUT2D eigenvalue weighted by molar-refractivity contribution is 7.80. The first-order valence-electron chi connectivity index (χ1n) is 6.23. The lowest BCUT2D eigenvalue weighted by atomic mass is 10.3. The van der Waals surface area contributed by atoms with E-state index in [0.29, 0.717) is 31.5 Å². The van der Waals surface area contributed by atoms with E-state index in [-0.39, 0.29) is 0 Å². The van der Waals surface area contributed by atoms with Crippen LogP contribution in [-0.2, 0) is 4.74 Å². The fraction of sp³-hybridized carbons (Fsp3) is 0.462. The summed E-state index contributed by atoms with van der Waals surface area (Å²) in [4.78, 5) is 0. The van der Waals surface area contributed by atoms with E-state index in [2.05, 4.69) is 10.6 Å². The molecule has 0 saturated carbocycles. The molecule has 0 fully saturated rings. The van der Waals surface area contributed by atoms with Crippen LogP contribution < -0.4 is 20.1 Å². The Bertz CT molecular complexity index is 440. The van der Waals surface area contributed by atoms with E-state index in [1.165, 1.54) is 0 Å². The number of hydrogen-bond donors (Lipinski definition) is 2. The van der Waals surface area contributed by atoms with E-state index >= 15 is 0 Å². The normalized spacial score (nSPS) is 13.5. The summed E-state index contributed by atoms with van der Waals surface area (Å²) in [5.74, 6) is 1.53. The minimum atomic E-state index is 0.562. The molecule has 5 nitrogen and oxygen atoms in total. The van der Waals surface area contributed by atoms with E-state index in [9.17, 15) is 0 Å². The Balaban J connectivity index is 1.94. The standard InChI is InChI=1S/C13H18N2O3S/c1-16-8-5-14-13(19)15-10-3-4-11-12(9-10)18-7-2-6-17-11/h3-4,9H,2,5-8H2,1H3,(H2,14,15,19). The molecule has 2 N–H and O–H groups in total. The van der Waals surface area contributed by atoms with E-state index in [0.717, 1.165) is 23.6 Å². The quantitative estimate of drug-likeness (QED) is 0.648. The minimum Gasteiger partial charge on any atom is -0.490 e. The summed E-state index contributed by atoms with van der Waals surface area (Å²) in [6.45, 7) is 2.65. The topological polar surface area (TPSA) is 51.8 Å². The maximum Gasteiger partial charge on any atom is 0.170 e. The maximum absolute atomic E-state index is 5.62. The van der Waals surface area contributed by atoms with Gasteiger partial charge in [0.25, 0.3) is 0 Å². The number of fused-ring (bicyclic) bond motifs is 1. The number of anilines is 1. The Morgan fingerprint density at radius 2 is 2.11 bits per heavy atom. The van der Waals surface area contributed by atoms with Crippen LogP contribution in [0.4, 0.5) is 5.69 Å². The van der Waals surface area contributed by atoms with Gasteiger partial charge in [0.1, 0.15) is 0 Å². The third kappa shape index (κ3) is 4.25. The average Bonchev–Trinajstić information content (AvgIpc) is 2.63. The zero-order chi connectivity index (χ0) is 13.5. The molecule has 1 aliphatic heterocycles. The van der Waals surface area contributed by atoms with Gasteiger partial charge in [0, 0.05) is 31.8 Å². The molecule has 1 aromatic carbocycles. The Hall–Kier alpha value is -1.53. The van der Waals surface area contributed by atoms with Gasteiger partial charge in [-0.3, -0.25) is 0 Å². The van der Waals surface area contributed by atoms with Crippen LogP contribution in [0.3, 0.4) is 0 Å². The van der Waals surface area contributed by atoms with Crippen molar-refractivity contribution in [2.45, 2.75) is 6.42 Å². The van der Waals surface area contributed by atoms with Gasteiger partial charge in [-0.05, 0) is 24.4 Å². The number of hydrogen-bond acceptors (Lipinski definition) is 4. The second-order valence-electron chi connectivity index (χ2n) is 4.09. The third-order valence-electron chi connectivity index (χ3n) is 2.60. The largest absolute Gasteiger partial charge is 0.490 e. The zero-order valence-electron chi connectivity index (χ0n) is 10.9. The minimum absolute atomic E-state index is 0.562. The monoisotopic (exact) mass is 282 g/mol. The first kappa shape index (κ1) is 13.9. The van der Waals surface area contributed by atoms with Gasteiger partial charge < -0.3 is 24.8 Å². The van der Waals surface area contributed by atoms with Crippen LogP contribution in [0.5, 0.6) is 11.5 Å². The number of nitrogens with one attached hydrogen (secondary N) is 2. The summed E-state index contributed by atoms with van der Waals surface area (Å²) in [5.41, 5.74) is 0.874. The number of benzene rings is 1. The molecule has 0 atom stereocenters. The first-order chi connectivity index (χ1) is 9.29. The number of rotatable bonds is 4. The number of methoxy groups -OCH3 is 1. The Morgan fingerprint density at radius 3 is 2.89 bits per heavy atom. The maximum atomic E-state index is 5.62. The van der Waals surface area contributed by atoms with E-state index in [1.54, 1.807) is 7.11 Å². The summed E-state index contributed by atoms with van der Waals surface area (Å²) in [7, 11) is 1.65. The smallest absolute Gasteiger partial charge is 0.170 e. The summed E-state index contributed by atoms with van der Waals surface area (Å²) in [6.07, 6.45) is 0.897. The SMILES string of the molecule is COCCNC(=S)Nc1ccc2c(c1)OCCCO2. The predicted molar refractivity (Wildman–Crippen MR) is 78.1 cm³/mol. The van der Waals surface area contributed by atoms with Crippen molar-refractivity contribution >= 4 is 23.0 Å². The highest BCUT2D eigenvalue weighted by atomic mass is 32.1. The van der Waals surface area contributed by atoms with Gasteiger partial charge >= 0.3 is 0 Å². The molecular formula is C13H18N2O3S. The van der Waals surface area contributed by atoms with Gasteiger partial charge in [-0.2, -0.15) is 0 Å². The van der Waals surface area contributed by atoms with Crippen molar-refractivity contribution in [1.82, 2.24) is 5.32 Å². The Kier molecular flexibility index (Phi) is 5.23. The summed E-state index contributed by atoms with van der Waals surface area (Å²) in [5, 5.41) is 6.71. The molecule has 0 unspecified atom stereocenters. The molecule has 104 valence electrons. The van der Waals surface area contributed by atoms with Crippen LogP contribution in [0.2, 0.25) is 0 Å². The van der Waals surface area contributed by atoms with Crippen molar-refractivity contribution in [2.24, 2.45) is 0 Å². The van der Waals surface area contributed by atoms with Crippen molar-refractivity contribution < 1.29 is 14.2 Å². The molecule has 0 bridgehead atoms. The molecule has 19 heavy (non-hydrogen) atoms. The zero-order valence-corrected chi connectivity index (χ0v) is 11.7. The lowest BCUT2D eigenvalue weighted by Gasteiger charge is -2.12.